The summed E-state index contributed by atoms with van der Waals surface area (Å²) in [4.78, 5) is 8.56. The van der Waals surface area contributed by atoms with E-state index in [9.17, 15) is 12.8 Å². The van der Waals surface area contributed by atoms with Crippen molar-refractivity contribution < 1.29 is 26.5 Å². The van der Waals surface area contributed by atoms with Crippen LogP contribution in [0.15, 0.2) is 27.6 Å². The van der Waals surface area contributed by atoms with Crippen molar-refractivity contribution in [2.75, 3.05) is 6.26 Å². The number of benzene rings is 1. The summed E-state index contributed by atoms with van der Waals surface area (Å²) >= 11 is 0. The van der Waals surface area contributed by atoms with Gasteiger partial charge in [-0.3, -0.25) is 0 Å². The maximum Gasteiger partial charge on any atom is 0.229 e. The highest BCUT2D eigenvalue weighted by Gasteiger charge is 2.30. The maximum atomic E-state index is 15.3. The lowest BCUT2D eigenvalue weighted by molar-refractivity contribution is 0.130. The van der Waals surface area contributed by atoms with E-state index in [0.29, 0.717) is 53.0 Å². The van der Waals surface area contributed by atoms with Crippen LogP contribution in [0.1, 0.15) is 88.3 Å². The lowest BCUT2D eigenvalue weighted by Gasteiger charge is -2.27. The molecule has 1 aliphatic carbocycles. The number of ether oxygens (including phenoxy) is 1. The highest BCUT2D eigenvalue weighted by atomic mass is 32.2. The zero-order valence-corrected chi connectivity index (χ0v) is 24.1. The monoisotopic (exact) mass is 573 g/mol. The average molecular weight is 574 g/mol. The van der Waals surface area contributed by atoms with Crippen LogP contribution in [0.25, 0.3) is 16.8 Å². The third kappa shape index (κ3) is 5.33. The lowest BCUT2D eigenvalue weighted by Crippen LogP contribution is -2.24. The molecule has 1 fully saturated rings. The van der Waals surface area contributed by atoms with E-state index in [-0.39, 0.29) is 23.5 Å². The Labute approximate surface area is 231 Å². The molecule has 4 aromatic rings. The van der Waals surface area contributed by atoms with E-state index in [1.807, 2.05) is 33.8 Å². The number of fused-ring (bicyclic) bond motifs is 1. The SMILES string of the molecule is CCc1cc(OC2CCC(c3nc(C(C)C)no3)CC2)n2nc(CC)c(-c3cc(F)c(S(C)(=O)=O)cc3F)c2n1. The van der Waals surface area contributed by atoms with Crippen LogP contribution in [-0.4, -0.2) is 45.5 Å². The molecule has 0 saturated heterocycles. The van der Waals surface area contributed by atoms with Gasteiger partial charge in [0.25, 0.3) is 0 Å². The lowest BCUT2D eigenvalue weighted by atomic mass is 9.87. The third-order valence-electron chi connectivity index (χ3n) is 7.35. The molecule has 1 aliphatic rings. The highest BCUT2D eigenvalue weighted by Crippen LogP contribution is 2.37. The molecule has 0 aliphatic heterocycles. The van der Waals surface area contributed by atoms with E-state index in [0.717, 1.165) is 44.1 Å². The predicted molar refractivity (Wildman–Crippen MR) is 144 cm³/mol. The molecule has 0 N–H and O–H groups in total. The fourth-order valence-electron chi connectivity index (χ4n) is 5.12. The summed E-state index contributed by atoms with van der Waals surface area (Å²) in [6, 6.07) is 3.45. The molecule has 40 heavy (non-hydrogen) atoms. The van der Waals surface area contributed by atoms with Crippen molar-refractivity contribution in [2.45, 2.75) is 89.1 Å². The van der Waals surface area contributed by atoms with Gasteiger partial charge in [0.1, 0.15) is 22.6 Å². The Morgan fingerprint density at radius 3 is 2.38 bits per heavy atom. The van der Waals surface area contributed by atoms with Crippen LogP contribution in [0, 0.1) is 11.6 Å². The Bertz CT molecular complexity index is 1660. The van der Waals surface area contributed by atoms with Gasteiger partial charge in [0, 0.05) is 35.4 Å². The average Bonchev–Trinajstić information content (AvgIpc) is 3.55. The second kappa shape index (κ2) is 10.9. The Kier molecular flexibility index (Phi) is 7.64. The smallest absolute Gasteiger partial charge is 0.229 e. The fraction of sp³-hybridized carbons (Fsp3) is 0.500. The number of hydrogen-bond acceptors (Lipinski definition) is 8. The largest absolute Gasteiger partial charge is 0.474 e. The first-order valence-corrected chi connectivity index (χ1v) is 15.5. The number of sulfone groups is 1. The quantitative estimate of drug-likeness (QED) is 0.259. The molecular formula is C28H33F2N5O4S. The Balaban J connectivity index is 1.48. The molecule has 9 nitrogen and oxygen atoms in total. The van der Waals surface area contributed by atoms with E-state index >= 15 is 4.39 Å². The van der Waals surface area contributed by atoms with E-state index in [1.54, 1.807) is 0 Å². The minimum atomic E-state index is -3.94. The van der Waals surface area contributed by atoms with E-state index in [1.165, 1.54) is 4.52 Å². The van der Waals surface area contributed by atoms with Gasteiger partial charge >= 0.3 is 0 Å². The minimum Gasteiger partial charge on any atom is -0.474 e. The molecule has 0 amide bonds. The number of nitrogens with zero attached hydrogens (tertiary/aromatic N) is 5. The highest BCUT2D eigenvalue weighted by molar-refractivity contribution is 7.90. The first-order chi connectivity index (χ1) is 19.0. The first-order valence-electron chi connectivity index (χ1n) is 13.6. The summed E-state index contributed by atoms with van der Waals surface area (Å²) in [7, 11) is -3.94. The number of rotatable bonds is 8. The van der Waals surface area contributed by atoms with Crippen molar-refractivity contribution in [1.29, 1.82) is 0 Å². The zero-order valence-electron chi connectivity index (χ0n) is 23.2. The van der Waals surface area contributed by atoms with Gasteiger partial charge in [0.05, 0.1) is 11.3 Å². The summed E-state index contributed by atoms with van der Waals surface area (Å²) in [6.45, 7) is 7.86. The number of halogens is 2. The van der Waals surface area contributed by atoms with Crippen LogP contribution < -0.4 is 4.74 Å². The Hall–Kier alpha value is -3.41. The third-order valence-corrected chi connectivity index (χ3v) is 8.47. The van der Waals surface area contributed by atoms with Gasteiger partial charge in [0.15, 0.2) is 21.3 Å². The standard InChI is InChI=1S/C28H33F2N5O4S/c1-6-17-12-24(38-18-10-8-16(9-11-18)28-32-26(15(3)4)34-39-28)35-27(31-17)25(22(7-2)33-35)19-13-21(30)23(14-20(19)29)40(5,36)37/h12-16,18H,6-11H2,1-5H3. The van der Waals surface area contributed by atoms with Crippen LogP contribution in [0.3, 0.4) is 0 Å². The maximum absolute atomic E-state index is 15.3. The van der Waals surface area contributed by atoms with E-state index < -0.39 is 26.4 Å². The predicted octanol–water partition coefficient (Wildman–Crippen LogP) is 5.81. The van der Waals surface area contributed by atoms with E-state index in [4.69, 9.17) is 9.26 Å². The van der Waals surface area contributed by atoms with E-state index in [2.05, 4.69) is 20.2 Å². The number of aromatic nitrogens is 5. The van der Waals surface area contributed by atoms with Crippen LogP contribution in [0.5, 0.6) is 5.88 Å². The van der Waals surface area contributed by atoms with Gasteiger partial charge in [-0.2, -0.15) is 14.6 Å². The van der Waals surface area contributed by atoms with Crippen molar-refractivity contribution in [3.8, 4) is 17.0 Å². The van der Waals surface area contributed by atoms with Crippen LogP contribution >= 0.6 is 0 Å². The topological polar surface area (TPSA) is 112 Å². The minimum absolute atomic E-state index is 0.0833. The Morgan fingerprint density at radius 1 is 1.05 bits per heavy atom. The van der Waals surface area contributed by atoms with Gasteiger partial charge in [-0.15, -0.1) is 0 Å². The van der Waals surface area contributed by atoms with Crippen molar-refractivity contribution in [1.82, 2.24) is 24.7 Å². The number of hydrogen-bond donors (Lipinski definition) is 0. The van der Waals surface area contributed by atoms with Crippen LogP contribution in [0.2, 0.25) is 0 Å². The van der Waals surface area contributed by atoms with Gasteiger partial charge in [-0.1, -0.05) is 32.9 Å². The number of aryl methyl sites for hydroxylation is 2. The summed E-state index contributed by atoms with van der Waals surface area (Å²) in [5, 5.41) is 8.75. The molecule has 214 valence electrons. The summed E-state index contributed by atoms with van der Waals surface area (Å²) in [6.07, 6.45) is 4.98. The molecule has 0 spiro atoms. The van der Waals surface area contributed by atoms with Crippen LogP contribution in [-0.2, 0) is 22.7 Å². The molecule has 0 unspecified atom stereocenters. The van der Waals surface area contributed by atoms with Crippen molar-refractivity contribution >= 4 is 15.5 Å². The molecule has 1 aromatic carbocycles. The Morgan fingerprint density at radius 2 is 1.77 bits per heavy atom. The zero-order chi connectivity index (χ0) is 28.8. The molecule has 0 bridgehead atoms. The summed E-state index contributed by atoms with van der Waals surface area (Å²) < 4.78 is 67.5. The summed E-state index contributed by atoms with van der Waals surface area (Å²) in [5.74, 6) is 0.345. The fourth-order valence-corrected chi connectivity index (χ4v) is 5.85. The van der Waals surface area contributed by atoms with Crippen LogP contribution in [0.4, 0.5) is 8.78 Å². The second-order valence-electron chi connectivity index (χ2n) is 10.6. The molecule has 3 aromatic heterocycles. The van der Waals surface area contributed by atoms with Crippen molar-refractivity contribution in [2.24, 2.45) is 0 Å². The molecule has 5 rings (SSSR count). The summed E-state index contributed by atoms with van der Waals surface area (Å²) in [5.41, 5.74) is 1.76. The van der Waals surface area contributed by atoms with Gasteiger partial charge in [0.2, 0.25) is 11.8 Å². The second-order valence-corrected chi connectivity index (χ2v) is 12.6. The molecule has 12 heteroatoms. The molecule has 1 saturated carbocycles. The molecule has 0 radical (unpaired) electrons. The normalized spacial score (nSPS) is 18.1. The molecular weight excluding hydrogens is 540 g/mol. The van der Waals surface area contributed by atoms with Gasteiger partial charge in [-0.25, -0.2) is 22.2 Å². The molecule has 3 heterocycles. The van der Waals surface area contributed by atoms with Gasteiger partial charge < -0.3 is 9.26 Å². The molecule has 0 atom stereocenters. The van der Waals surface area contributed by atoms with Crippen molar-refractivity contribution in [3.05, 3.63) is 52.9 Å². The van der Waals surface area contributed by atoms with Crippen molar-refractivity contribution in [3.63, 3.8) is 0 Å². The van der Waals surface area contributed by atoms with Gasteiger partial charge in [-0.05, 0) is 50.7 Å². The first kappa shape index (κ1) is 28.1.